The lowest BCUT2D eigenvalue weighted by molar-refractivity contribution is -0.137. The minimum atomic E-state index is -4.39. The van der Waals surface area contributed by atoms with Gasteiger partial charge < -0.3 is 4.90 Å². The molecule has 0 N–H and O–H groups in total. The number of anilines is 1. The molecular formula is C26H24F3N5. The van der Waals surface area contributed by atoms with E-state index in [4.69, 9.17) is 0 Å². The molecule has 1 aromatic heterocycles. The zero-order chi connectivity index (χ0) is 23.5. The van der Waals surface area contributed by atoms with Gasteiger partial charge in [0.15, 0.2) is 5.82 Å². The van der Waals surface area contributed by atoms with Gasteiger partial charge in [-0.05, 0) is 64.6 Å². The second-order valence-electron chi connectivity index (χ2n) is 8.44. The Morgan fingerprint density at radius 2 is 1.62 bits per heavy atom. The maximum absolute atomic E-state index is 13.2. The van der Waals surface area contributed by atoms with Crippen molar-refractivity contribution in [3.8, 4) is 0 Å². The number of aryl methyl sites for hydroxylation is 3. The van der Waals surface area contributed by atoms with Crippen molar-refractivity contribution in [1.82, 2.24) is 20.2 Å². The third-order valence-electron chi connectivity index (χ3n) is 6.27. The van der Waals surface area contributed by atoms with Crippen LogP contribution in [0.15, 0.2) is 78.9 Å². The van der Waals surface area contributed by atoms with Crippen molar-refractivity contribution in [2.75, 3.05) is 11.4 Å². The predicted molar refractivity (Wildman–Crippen MR) is 123 cm³/mol. The van der Waals surface area contributed by atoms with Crippen molar-refractivity contribution >= 4 is 5.69 Å². The normalized spacial score (nSPS) is 14.6. The van der Waals surface area contributed by atoms with Gasteiger partial charge in [0.05, 0.1) is 5.56 Å². The molecule has 5 rings (SSSR count). The van der Waals surface area contributed by atoms with Crippen LogP contribution in [0.3, 0.4) is 0 Å². The highest BCUT2D eigenvalue weighted by atomic mass is 19.4. The van der Waals surface area contributed by atoms with Gasteiger partial charge in [-0.2, -0.15) is 13.2 Å². The van der Waals surface area contributed by atoms with Gasteiger partial charge in [0.25, 0.3) is 0 Å². The highest BCUT2D eigenvalue weighted by molar-refractivity contribution is 5.58. The molecule has 1 aliphatic rings. The van der Waals surface area contributed by atoms with Crippen molar-refractivity contribution in [1.29, 1.82) is 0 Å². The molecule has 0 spiro atoms. The Morgan fingerprint density at radius 3 is 2.38 bits per heavy atom. The van der Waals surface area contributed by atoms with Gasteiger partial charge in [-0.1, -0.05) is 60.7 Å². The zero-order valence-corrected chi connectivity index (χ0v) is 18.5. The van der Waals surface area contributed by atoms with E-state index in [0.717, 1.165) is 49.2 Å². The van der Waals surface area contributed by atoms with E-state index in [1.807, 2.05) is 30.3 Å². The van der Waals surface area contributed by atoms with E-state index < -0.39 is 17.8 Å². The fraction of sp³-hybridized carbons (Fsp3) is 0.269. The maximum atomic E-state index is 13.2. The van der Waals surface area contributed by atoms with E-state index in [0.29, 0.717) is 12.4 Å². The molecule has 8 heteroatoms. The van der Waals surface area contributed by atoms with Crippen LogP contribution in [-0.4, -0.2) is 26.8 Å². The lowest BCUT2D eigenvalue weighted by atomic mass is 9.96. The first-order chi connectivity index (χ1) is 16.5. The Bertz CT molecular complexity index is 1240. The van der Waals surface area contributed by atoms with Gasteiger partial charge in [0.2, 0.25) is 0 Å². The molecule has 4 aromatic rings. The fourth-order valence-electron chi connectivity index (χ4n) is 4.60. The van der Waals surface area contributed by atoms with Crippen LogP contribution in [-0.2, 0) is 25.6 Å². The summed E-state index contributed by atoms with van der Waals surface area (Å²) < 4.78 is 41.4. The lowest BCUT2D eigenvalue weighted by Gasteiger charge is -2.37. The molecule has 1 atom stereocenters. The molecule has 5 nitrogen and oxygen atoms in total. The number of para-hydroxylation sites is 1. The Hall–Kier alpha value is -3.68. The highest BCUT2D eigenvalue weighted by Gasteiger charge is 2.33. The molecule has 0 saturated heterocycles. The van der Waals surface area contributed by atoms with E-state index in [-0.39, 0.29) is 0 Å². The molecule has 0 bridgehead atoms. The molecule has 1 aliphatic heterocycles. The van der Waals surface area contributed by atoms with E-state index >= 15 is 0 Å². The molecule has 174 valence electrons. The van der Waals surface area contributed by atoms with Crippen molar-refractivity contribution < 1.29 is 13.2 Å². The molecule has 2 heterocycles. The van der Waals surface area contributed by atoms with Crippen LogP contribution in [0.1, 0.15) is 40.5 Å². The highest BCUT2D eigenvalue weighted by Crippen LogP contribution is 2.38. The van der Waals surface area contributed by atoms with Gasteiger partial charge >= 0.3 is 6.18 Å². The summed E-state index contributed by atoms with van der Waals surface area (Å²) in [4.78, 5) is 2.21. The minimum absolute atomic E-state index is 0.408. The first-order valence-corrected chi connectivity index (χ1v) is 11.3. The molecule has 0 unspecified atom stereocenters. The summed E-state index contributed by atoms with van der Waals surface area (Å²) >= 11 is 0. The van der Waals surface area contributed by atoms with Crippen LogP contribution in [0.5, 0.6) is 0 Å². The summed E-state index contributed by atoms with van der Waals surface area (Å²) in [7, 11) is 0. The van der Waals surface area contributed by atoms with Crippen LogP contribution >= 0.6 is 0 Å². The summed E-state index contributed by atoms with van der Waals surface area (Å²) in [6, 6.07) is 23.2. The first-order valence-electron chi connectivity index (χ1n) is 11.3. The number of nitrogens with zero attached hydrogens (tertiary/aromatic N) is 5. The summed E-state index contributed by atoms with van der Waals surface area (Å²) in [6.07, 6.45) is -1.73. The second kappa shape index (κ2) is 9.29. The Balaban J connectivity index is 1.54. The zero-order valence-electron chi connectivity index (χ0n) is 18.5. The van der Waals surface area contributed by atoms with Gasteiger partial charge in [-0.3, -0.25) is 0 Å². The monoisotopic (exact) mass is 463 g/mol. The topological polar surface area (TPSA) is 46.8 Å². The van der Waals surface area contributed by atoms with Crippen LogP contribution in [0, 0.1) is 0 Å². The van der Waals surface area contributed by atoms with Crippen molar-refractivity contribution in [2.24, 2.45) is 0 Å². The molecular weight excluding hydrogens is 439 g/mol. The number of aromatic nitrogens is 4. The predicted octanol–water partition coefficient (Wildman–Crippen LogP) is 5.48. The largest absolute Gasteiger partial charge is 0.416 e. The quantitative estimate of drug-likeness (QED) is 0.380. The van der Waals surface area contributed by atoms with Gasteiger partial charge in [-0.15, -0.1) is 5.10 Å². The van der Waals surface area contributed by atoms with Gasteiger partial charge in [0.1, 0.15) is 6.04 Å². The van der Waals surface area contributed by atoms with Gasteiger partial charge in [-0.25, -0.2) is 4.68 Å². The van der Waals surface area contributed by atoms with Gasteiger partial charge in [0, 0.05) is 18.8 Å². The van der Waals surface area contributed by atoms with Crippen LogP contribution in [0.25, 0.3) is 0 Å². The summed E-state index contributed by atoms with van der Waals surface area (Å²) in [6.45, 7) is 1.33. The number of tetrazole rings is 1. The summed E-state index contributed by atoms with van der Waals surface area (Å²) in [5, 5.41) is 12.5. The van der Waals surface area contributed by atoms with E-state index in [9.17, 15) is 13.2 Å². The smallest absolute Gasteiger partial charge is 0.357 e. The molecule has 0 saturated carbocycles. The van der Waals surface area contributed by atoms with Crippen molar-refractivity contribution in [3.63, 3.8) is 0 Å². The third-order valence-corrected chi connectivity index (χ3v) is 6.27. The average Bonchev–Trinajstić information content (AvgIpc) is 3.32. The molecule has 0 aliphatic carbocycles. The second-order valence-corrected chi connectivity index (χ2v) is 8.44. The maximum Gasteiger partial charge on any atom is 0.416 e. The van der Waals surface area contributed by atoms with Crippen LogP contribution < -0.4 is 4.90 Å². The molecule has 0 amide bonds. The lowest BCUT2D eigenvalue weighted by Crippen LogP contribution is -2.36. The van der Waals surface area contributed by atoms with Crippen molar-refractivity contribution in [2.45, 2.75) is 38.0 Å². The van der Waals surface area contributed by atoms with E-state index in [1.165, 1.54) is 11.1 Å². The van der Waals surface area contributed by atoms with E-state index in [2.05, 4.69) is 44.7 Å². The Morgan fingerprint density at radius 1 is 0.882 bits per heavy atom. The van der Waals surface area contributed by atoms with Crippen LogP contribution in [0.2, 0.25) is 0 Å². The van der Waals surface area contributed by atoms with Crippen LogP contribution in [0.4, 0.5) is 18.9 Å². The minimum Gasteiger partial charge on any atom is -0.357 e. The summed E-state index contributed by atoms with van der Waals surface area (Å²) in [5.74, 6) is 0.618. The standard InChI is InChI=1S/C26H24F3N5/c27-26(28,29)22-14-12-21(13-15-22)24(33-17-6-10-20-9-4-5-11-23(20)33)25-30-31-32-34(25)18-16-19-7-2-1-3-8-19/h1-5,7-9,11-15,24H,6,10,16-18H2/t24-/m0/s1. The molecule has 0 radical (unpaired) electrons. The fourth-order valence-corrected chi connectivity index (χ4v) is 4.60. The Kier molecular flexibility index (Phi) is 6.04. The first kappa shape index (κ1) is 22.1. The molecule has 3 aromatic carbocycles. The molecule has 34 heavy (non-hydrogen) atoms. The number of benzene rings is 3. The SMILES string of the molecule is FC(F)(F)c1ccc([C@@H](c2nnnn2CCc2ccccc2)N2CCCc3ccccc32)cc1. The Labute approximate surface area is 195 Å². The third kappa shape index (κ3) is 4.53. The van der Waals surface area contributed by atoms with Crippen molar-refractivity contribution in [3.05, 3.63) is 107 Å². The number of hydrogen-bond donors (Lipinski definition) is 0. The number of alkyl halides is 3. The number of halogens is 3. The van der Waals surface area contributed by atoms with E-state index in [1.54, 1.807) is 16.8 Å². The summed E-state index contributed by atoms with van der Waals surface area (Å²) in [5.41, 5.74) is 3.50. The number of hydrogen-bond acceptors (Lipinski definition) is 4. The number of rotatable bonds is 6. The number of fused-ring (bicyclic) bond motifs is 1. The average molecular weight is 464 g/mol. The molecule has 0 fully saturated rings.